The van der Waals surface area contributed by atoms with Crippen molar-refractivity contribution < 1.29 is 13.2 Å². The van der Waals surface area contributed by atoms with E-state index in [0.717, 1.165) is 38.0 Å². The highest BCUT2D eigenvalue weighted by atomic mass is 32.2. The Kier molecular flexibility index (Phi) is 5.72. The zero-order valence-electron chi connectivity index (χ0n) is 15.9. The van der Waals surface area contributed by atoms with Crippen LogP contribution in [0, 0.1) is 18.8 Å². The van der Waals surface area contributed by atoms with Crippen LogP contribution < -0.4 is 5.32 Å². The van der Waals surface area contributed by atoms with Crippen molar-refractivity contribution in [1.82, 2.24) is 19.4 Å². The summed E-state index contributed by atoms with van der Waals surface area (Å²) in [5.74, 6) is 0.475. The van der Waals surface area contributed by atoms with Crippen LogP contribution in [0.25, 0.3) is 0 Å². The van der Waals surface area contributed by atoms with Gasteiger partial charge in [-0.15, -0.1) is 0 Å². The molecule has 0 radical (unpaired) electrons. The average molecular weight is 383 g/mol. The van der Waals surface area contributed by atoms with Gasteiger partial charge in [0.2, 0.25) is 15.9 Å². The second-order valence-electron chi connectivity index (χ2n) is 7.89. The number of aromatic nitrogens is 2. The van der Waals surface area contributed by atoms with Crippen molar-refractivity contribution >= 4 is 15.9 Å². The van der Waals surface area contributed by atoms with E-state index in [2.05, 4.69) is 17.3 Å². The molecule has 2 aliphatic rings. The fraction of sp³-hybridized carbons (Fsp3) is 0.778. The Hall–Kier alpha value is -1.41. The molecule has 0 spiro atoms. The molecule has 0 aromatic carbocycles. The van der Waals surface area contributed by atoms with Crippen LogP contribution in [0.15, 0.2) is 11.1 Å². The van der Waals surface area contributed by atoms with Crippen molar-refractivity contribution in [2.75, 3.05) is 13.1 Å². The molecule has 0 unspecified atom stereocenters. The number of rotatable bonds is 4. The van der Waals surface area contributed by atoms with Crippen molar-refractivity contribution in [2.45, 2.75) is 63.3 Å². The van der Waals surface area contributed by atoms with Crippen molar-refractivity contribution in [1.29, 1.82) is 0 Å². The van der Waals surface area contributed by atoms with Gasteiger partial charge in [0, 0.05) is 26.2 Å². The van der Waals surface area contributed by atoms with Crippen LogP contribution in [0.3, 0.4) is 0 Å². The summed E-state index contributed by atoms with van der Waals surface area (Å²) in [5, 5.41) is 7.21. The van der Waals surface area contributed by atoms with Crippen LogP contribution in [0.2, 0.25) is 0 Å². The number of hydrogen-bond acceptors (Lipinski definition) is 4. The second kappa shape index (κ2) is 7.68. The third-order valence-electron chi connectivity index (χ3n) is 5.93. The molecule has 1 atom stereocenters. The number of carbonyl (C=O) groups excluding carboxylic acids is 1. The molecule has 2 heterocycles. The van der Waals surface area contributed by atoms with E-state index in [4.69, 9.17) is 0 Å². The van der Waals surface area contributed by atoms with E-state index in [9.17, 15) is 13.2 Å². The van der Waals surface area contributed by atoms with Gasteiger partial charge in [0.1, 0.15) is 4.90 Å². The van der Waals surface area contributed by atoms with Crippen LogP contribution in [0.5, 0.6) is 0 Å². The number of carbonyl (C=O) groups is 1. The highest BCUT2D eigenvalue weighted by Crippen LogP contribution is 2.27. The number of hydrogen-bond donors (Lipinski definition) is 1. The maximum absolute atomic E-state index is 13.0. The fourth-order valence-corrected chi connectivity index (χ4v) is 5.68. The number of sulfonamides is 1. The lowest BCUT2D eigenvalue weighted by Crippen LogP contribution is -2.48. The van der Waals surface area contributed by atoms with Gasteiger partial charge >= 0.3 is 0 Å². The van der Waals surface area contributed by atoms with Gasteiger partial charge in [-0.2, -0.15) is 9.40 Å². The number of aryl methyl sites for hydroxylation is 1. The Labute approximate surface area is 156 Å². The van der Waals surface area contributed by atoms with Crippen LogP contribution in [-0.2, 0) is 21.9 Å². The van der Waals surface area contributed by atoms with Gasteiger partial charge in [0.05, 0.1) is 17.8 Å². The molecule has 1 saturated heterocycles. The largest absolute Gasteiger partial charge is 0.353 e. The van der Waals surface area contributed by atoms with Gasteiger partial charge in [0.25, 0.3) is 0 Å². The van der Waals surface area contributed by atoms with E-state index in [1.807, 2.05) is 0 Å². The van der Waals surface area contributed by atoms with Gasteiger partial charge < -0.3 is 5.32 Å². The zero-order chi connectivity index (χ0) is 18.9. The summed E-state index contributed by atoms with van der Waals surface area (Å²) >= 11 is 0. The number of amides is 1. The first-order valence-electron chi connectivity index (χ1n) is 9.58. The second-order valence-corrected chi connectivity index (χ2v) is 9.79. The Morgan fingerprint density at radius 1 is 1.23 bits per heavy atom. The molecular formula is C18H30N4O3S. The minimum absolute atomic E-state index is 0.00682. The monoisotopic (exact) mass is 382 g/mol. The van der Waals surface area contributed by atoms with E-state index in [1.165, 1.54) is 10.5 Å². The Morgan fingerprint density at radius 3 is 2.54 bits per heavy atom. The van der Waals surface area contributed by atoms with Crippen LogP contribution >= 0.6 is 0 Å². The van der Waals surface area contributed by atoms with Crippen LogP contribution in [-0.4, -0.2) is 47.5 Å². The fourth-order valence-electron chi connectivity index (χ4n) is 3.97. The first kappa shape index (κ1) is 19.4. The highest BCUT2D eigenvalue weighted by Gasteiger charge is 2.35. The minimum atomic E-state index is -3.61. The molecule has 146 valence electrons. The maximum atomic E-state index is 13.0. The molecule has 1 N–H and O–H groups in total. The smallest absolute Gasteiger partial charge is 0.246 e. The third-order valence-corrected chi connectivity index (χ3v) is 7.89. The van der Waals surface area contributed by atoms with E-state index in [1.54, 1.807) is 18.7 Å². The molecule has 2 fully saturated rings. The van der Waals surface area contributed by atoms with Gasteiger partial charge in [-0.1, -0.05) is 6.92 Å². The molecule has 1 aliphatic heterocycles. The average Bonchev–Trinajstić information content (AvgIpc) is 2.97. The molecule has 1 amide bonds. The van der Waals surface area contributed by atoms with E-state index >= 15 is 0 Å². The van der Waals surface area contributed by atoms with Gasteiger partial charge in [-0.25, -0.2) is 8.42 Å². The summed E-state index contributed by atoms with van der Waals surface area (Å²) in [5.41, 5.74) is 0.618. The van der Waals surface area contributed by atoms with Gasteiger partial charge in [0.15, 0.2) is 0 Å². The minimum Gasteiger partial charge on any atom is -0.353 e. The molecule has 1 aliphatic carbocycles. The van der Waals surface area contributed by atoms with Gasteiger partial charge in [-0.3, -0.25) is 9.48 Å². The highest BCUT2D eigenvalue weighted by molar-refractivity contribution is 7.89. The number of nitrogens with one attached hydrogen (secondary N) is 1. The summed E-state index contributed by atoms with van der Waals surface area (Å²) in [7, 11) is -1.88. The number of nitrogens with zero attached hydrogens (tertiary/aromatic N) is 3. The predicted molar refractivity (Wildman–Crippen MR) is 99.0 cm³/mol. The van der Waals surface area contributed by atoms with E-state index in [-0.39, 0.29) is 29.3 Å². The third kappa shape index (κ3) is 3.96. The molecule has 8 heteroatoms. The van der Waals surface area contributed by atoms with E-state index in [0.29, 0.717) is 18.7 Å². The Morgan fingerprint density at radius 2 is 1.92 bits per heavy atom. The lowest BCUT2D eigenvalue weighted by atomic mass is 9.87. The van der Waals surface area contributed by atoms with Crippen molar-refractivity contribution in [3.8, 4) is 0 Å². The molecule has 7 nitrogen and oxygen atoms in total. The predicted octanol–water partition coefficient (Wildman–Crippen LogP) is 1.82. The van der Waals surface area contributed by atoms with Crippen LogP contribution in [0.1, 0.15) is 51.1 Å². The quantitative estimate of drug-likeness (QED) is 0.861. The van der Waals surface area contributed by atoms with Gasteiger partial charge in [-0.05, 0) is 51.4 Å². The lowest BCUT2D eigenvalue weighted by Gasteiger charge is -2.33. The molecule has 26 heavy (non-hydrogen) atoms. The number of piperidine rings is 1. The molecule has 0 bridgehead atoms. The molecule has 1 aromatic rings. The summed E-state index contributed by atoms with van der Waals surface area (Å²) in [6.45, 7) is 4.72. The summed E-state index contributed by atoms with van der Waals surface area (Å²) in [4.78, 5) is 12.9. The summed E-state index contributed by atoms with van der Waals surface area (Å²) in [6.07, 6.45) is 7.20. The SMILES string of the molecule is Cc1c(S(=O)(=O)N2CCC[C@H](C(=O)NC3CCC(C)CC3)C2)cnn1C. The van der Waals surface area contributed by atoms with Crippen molar-refractivity contribution in [3.63, 3.8) is 0 Å². The first-order chi connectivity index (χ1) is 12.3. The Bertz CT molecular complexity index is 750. The summed E-state index contributed by atoms with van der Waals surface area (Å²) in [6, 6.07) is 0.242. The standard InChI is InChI=1S/C18H30N4O3S/c1-13-6-8-16(9-7-13)20-18(23)15-5-4-10-22(12-15)26(24,25)17-11-19-21(3)14(17)2/h11,13,15-16H,4-10,12H2,1-3H3,(H,20,23)/t13?,15-,16?/m0/s1. The molecule has 1 saturated carbocycles. The molecular weight excluding hydrogens is 352 g/mol. The van der Waals surface area contributed by atoms with E-state index < -0.39 is 10.0 Å². The topological polar surface area (TPSA) is 84.3 Å². The molecule has 1 aromatic heterocycles. The Balaban J connectivity index is 1.65. The first-order valence-corrected chi connectivity index (χ1v) is 11.0. The summed E-state index contributed by atoms with van der Waals surface area (Å²) < 4.78 is 28.9. The zero-order valence-corrected chi connectivity index (χ0v) is 16.8. The molecule has 3 rings (SSSR count). The normalized spacial score (nSPS) is 28.0. The van der Waals surface area contributed by atoms with Crippen molar-refractivity contribution in [2.24, 2.45) is 18.9 Å². The van der Waals surface area contributed by atoms with Crippen LogP contribution in [0.4, 0.5) is 0 Å². The van der Waals surface area contributed by atoms with Crippen molar-refractivity contribution in [3.05, 3.63) is 11.9 Å². The lowest BCUT2D eigenvalue weighted by molar-refractivity contribution is -0.127. The maximum Gasteiger partial charge on any atom is 0.246 e.